The first-order chi connectivity index (χ1) is 13.7. The molecule has 5 nitrogen and oxygen atoms in total. The van der Waals surface area contributed by atoms with Crippen LogP contribution in [0, 0.1) is 0 Å². The molecule has 1 saturated heterocycles. The third-order valence-electron chi connectivity index (χ3n) is 5.41. The van der Waals surface area contributed by atoms with Gasteiger partial charge >= 0.3 is 0 Å². The van der Waals surface area contributed by atoms with Gasteiger partial charge in [-0.25, -0.2) is 0 Å². The maximum Gasteiger partial charge on any atom is 0.240 e. The molecule has 1 aliphatic heterocycles. The standard InChI is InChI=1S/C22H26ClN3O2/c23-18-10-8-17(9-11-18)15-26-21-7-2-1-6-20(21)22(24-26)28-14-4-13-25-12-3-5-19(25)16-27/h1-2,6-11,19,27H,3-5,12-16H2/t19-/m0/s1. The third kappa shape index (κ3) is 4.32. The van der Waals surface area contributed by atoms with Gasteiger partial charge in [-0.1, -0.05) is 35.9 Å². The summed E-state index contributed by atoms with van der Waals surface area (Å²) in [5, 5.41) is 15.9. The van der Waals surface area contributed by atoms with Gasteiger partial charge in [-0.2, -0.15) is 0 Å². The summed E-state index contributed by atoms with van der Waals surface area (Å²) in [6.45, 7) is 3.57. The number of aliphatic hydroxyl groups excluding tert-OH is 1. The molecular formula is C22H26ClN3O2. The zero-order valence-electron chi connectivity index (χ0n) is 15.9. The number of hydrogen-bond donors (Lipinski definition) is 1. The molecule has 1 aromatic heterocycles. The van der Waals surface area contributed by atoms with Gasteiger partial charge in [-0.05, 0) is 55.6 Å². The zero-order valence-corrected chi connectivity index (χ0v) is 16.7. The second kappa shape index (κ2) is 8.95. The topological polar surface area (TPSA) is 50.5 Å². The molecule has 0 amide bonds. The minimum atomic E-state index is 0.251. The van der Waals surface area contributed by atoms with Crippen molar-refractivity contribution in [3.63, 3.8) is 0 Å². The van der Waals surface area contributed by atoms with Crippen LogP contribution >= 0.6 is 11.6 Å². The maximum absolute atomic E-state index is 9.44. The predicted octanol–water partition coefficient (Wildman–Crippen LogP) is 3.96. The maximum atomic E-state index is 9.44. The van der Waals surface area contributed by atoms with Crippen molar-refractivity contribution in [1.82, 2.24) is 14.7 Å². The minimum absolute atomic E-state index is 0.251. The number of likely N-dealkylation sites (tertiary alicyclic amines) is 1. The number of halogens is 1. The molecule has 0 spiro atoms. The van der Waals surface area contributed by atoms with E-state index in [-0.39, 0.29) is 6.61 Å². The average molecular weight is 400 g/mol. The van der Waals surface area contributed by atoms with Gasteiger partial charge in [0.25, 0.3) is 0 Å². The summed E-state index contributed by atoms with van der Waals surface area (Å²) in [5.41, 5.74) is 2.21. The van der Waals surface area contributed by atoms with Crippen molar-refractivity contribution in [3.8, 4) is 5.88 Å². The molecule has 1 N–H and O–H groups in total. The Balaban J connectivity index is 1.42. The van der Waals surface area contributed by atoms with E-state index < -0.39 is 0 Å². The van der Waals surface area contributed by atoms with Crippen LogP contribution in [0.3, 0.4) is 0 Å². The van der Waals surface area contributed by atoms with Crippen LogP contribution in [0.4, 0.5) is 0 Å². The predicted molar refractivity (Wildman–Crippen MR) is 112 cm³/mol. The molecule has 1 aliphatic rings. The lowest BCUT2D eigenvalue weighted by Gasteiger charge is -2.22. The zero-order chi connectivity index (χ0) is 19.3. The molecule has 2 heterocycles. The van der Waals surface area contributed by atoms with Gasteiger partial charge in [0.05, 0.1) is 30.7 Å². The first-order valence-corrected chi connectivity index (χ1v) is 10.3. The van der Waals surface area contributed by atoms with Gasteiger partial charge in [0.1, 0.15) is 0 Å². The van der Waals surface area contributed by atoms with Gasteiger partial charge in [-0.3, -0.25) is 9.58 Å². The van der Waals surface area contributed by atoms with E-state index >= 15 is 0 Å². The third-order valence-corrected chi connectivity index (χ3v) is 5.66. The summed E-state index contributed by atoms with van der Waals surface area (Å²) in [6, 6.07) is 16.3. The van der Waals surface area contributed by atoms with E-state index in [1.807, 2.05) is 41.1 Å². The largest absolute Gasteiger partial charge is 0.476 e. The first-order valence-electron chi connectivity index (χ1n) is 9.92. The SMILES string of the molecule is OC[C@@H]1CCCN1CCCOc1nn(Cc2ccc(Cl)cc2)c2ccccc12. The molecule has 0 radical (unpaired) electrons. The van der Waals surface area contributed by atoms with E-state index in [0.29, 0.717) is 25.1 Å². The average Bonchev–Trinajstić information content (AvgIpc) is 3.32. The van der Waals surface area contributed by atoms with Crippen LogP contribution < -0.4 is 4.74 Å². The highest BCUT2D eigenvalue weighted by Gasteiger charge is 2.22. The molecule has 4 rings (SSSR count). The number of rotatable bonds is 8. The molecule has 1 fully saturated rings. The molecule has 28 heavy (non-hydrogen) atoms. The fourth-order valence-corrected chi connectivity index (χ4v) is 4.05. The first kappa shape index (κ1) is 19.2. The van der Waals surface area contributed by atoms with E-state index in [1.54, 1.807) is 0 Å². The summed E-state index contributed by atoms with van der Waals surface area (Å²) in [4.78, 5) is 2.36. The van der Waals surface area contributed by atoms with Crippen LogP contribution in [0.2, 0.25) is 5.02 Å². The Labute approximate surface area is 170 Å². The molecule has 0 bridgehead atoms. The quantitative estimate of drug-likeness (QED) is 0.582. The summed E-state index contributed by atoms with van der Waals surface area (Å²) in [6.07, 6.45) is 3.19. The van der Waals surface area contributed by atoms with Gasteiger partial charge in [-0.15, -0.1) is 5.10 Å². The molecule has 3 aromatic rings. The number of nitrogens with zero attached hydrogens (tertiary/aromatic N) is 3. The van der Waals surface area contributed by atoms with E-state index in [0.717, 1.165) is 47.4 Å². The monoisotopic (exact) mass is 399 g/mol. The van der Waals surface area contributed by atoms with Crippen LogP contribution in [0.15, 0.2) is 48.5 Å². The van der Waals surface area contributed by atoms with E-state index in [4.69, 9.17) is 21.4 Å². The van der Waals surface area contributed by atoms with Crippen molar-refractivity contribution in [2.75, 3.05) is 26.3 Å². The Morgan fingerprint density at radius 2 is 1.96 bits per heavy atom. The Kier molecular flexibility index (Phi) is 6.15. The summed E-state index contributed by atoms with van der Waals surface area (Å²) < 4.78 is 8.03. The number of aliphatic hydroxyl groups is 1. The Morgan fingerprint density at radius 3 is 2.79 bits per heavy atom. The molecule has 0 aliphatic carbocycles. The summed E-state index contributed by atoms with van der Waals surface area (Å²) in [5.74, 6) is 0.685. The number of aromatic nitrogens is 2. The van der Waals surface area contributed by atoms with E-state index in [2.05, 4.69) is 17.0 Å². The van der Waals surface area contributed by atoms with Crippen LogP contribution in [0.1, 0.15) is 24.8 Å². The van der Waals surface area contributed by atoms with Crippen molar-refractivity contribution in [2.45, 2.75) is 31.8 Å². The molecule has 6 heteroatoms. The lowest BCUT2D eigenvalue weighted by atomic mass is 10.2. The number of benzene rings is 2. The smallest absolute Gasteiger partial charge is 0.240 e. The number of para-hydroxylation sites is 1. The van der Waals surface area contributed by atoms with Crippen LogP contribution in [0.25, 0.3) is 10.9 Å². The Bertz CT molecular complexity index is 910. The van der Waals surface area contributed by atoms with Gasteiger partial charge in [0.15, 0.2) is 0 Å². The van der Waals surface area contributed by atoms with Crippen LogP contribution in [-0.2, 0) is 6.54 Å². The van der Waals surface area contributed by atoms with Crippen molar-refractivity contribution >= 4 is 22.5 Å². The van der Waals surface area contributed by atoms with Crippen LogP contribution in [0.5, 0.6) is 5.88 Å². The number of fused-ring (bicyclic) bond motifs is 1. The van der Waals surface area contributed by atoms with Gasteiger partial charge in [0, 0.05) is 17.6 Å². The minimum Gasteiger partial charge on any atom is -0.476 e. The molecular weight excluding hydrogens is 374 g/mol. The van der Waals surface area contributed by atoms with Crippen molar-refractivity contribution < 1.29 is 9.84 Å². The lowest BCUT2D eigenvalue weighted by Crippen LogP contribution is -2.33. The second-order valence-corrected chi connectivity index (χ2v) is 7.76. The molecule has 0 unspecified atom stereocenters. The Morgan fingerprint density at radius 1 is 1.14 bits per heavy atom. The number of ether oxygens (including phenoxy) is 1. The fraction of sp³-hybridized carbons (Fsp3) is 0.409. The molecule has 1 atom stereocenters. The summed E-state index contributed by atoms with van der Waals surface area (Å²) >= 11 is 5.99. The highest BCUT2D eigenvalue weighted by molar-refractivity contribution is 6.30. The lowest BCUT2D eigenvalue weighted by molar-refractivity contribution is 0.150. The Hall–Kier alpha value is -2.08. The molecule has 0 saturated carbocycles. The number of hydrogen-bond acceptors (Lipinski definition) is 4. The van der Waals surface area contributed by atoms with Crippen molar-refractivity contribution in [2.24, 2.45) is 0 Å². The van der Waals surface area contributed by atoms with Crippen molar-refractivity contribution in [3.05, 3.63) is 59.1 Å². The second-order valence-electron chi connectivity index (χ2n) is 7.32. The highest BCUT2D eigenvalue weighted by Crippen LogP contribution is 2.26. The molecule has 148 valence electrons. The van der Waals surface area contributed by atoms with E-state index in [1.165, 1.54) is 6.42 Å². The van der Waals surface area contributed by atoms with E-state index in [9.17, 15) is 5.11 Å². The van der Waals surface area contributed by atoms with Gasteiger partial charge < -0.3 is 9.84 Å². The van der Waals surface area contributed by atoms with Crippen molar-refractivity contribution in [1.29, 1.82) is 0 Å². The molecule has 2 aromatic carbocycles. The fourth-order valence-electron chi connectivity index (χ4n) is 3.92. The normalized spacial score (nSPS) is 17.4. The van der Waals surface area contributed by atoms with Crippen LogP contribution in [-0.4, -0.2) is 52.1 Å². The van der Waals surface area contributed by atoms with Gasteiger partial charge in [0.2, 0.25) is 5.88 Å². The highest BCUT2D eigenvalue weighted by atomic mass is 35.5. The summed E-state index contributed by atoms with van der Waals surface area (Å²) in [7, 11) is 0.